The van der Waals surface area contributed by atoms with E-state index in [4.69, 9.17) is 4.74 Å². The molecule has 0 aliphatic carbocycles. The number of quaternary nitrogens is 1. The molecule has 1 saturated heterocycles. The molecule has 94 valence electrons. The van der Waals surface area contributed by atoms with Gasteiger partial charge in [-0.15, -0.1) is 0 Å². The Balaban J connectivity index is 1.71. The molecule has 0 radical (unpaired) electrons. The summed E-state index contributed by atoms with van der Waals surface area (Å²) in [5, 5.41) is 9.87. The molecule has 1 heterocycles. The van der Waals surface area contributed by atoms with Crippen LogP contribution in [-0.2, 0) is 0 Å². The highest BCUT2D eigenvalue weighted by atomic mass is 79.9. The quantitative estimate of drug-likeness (QED) is 0.846. The molecule has 1 atom stereocenters. The van der Waals surface area contributed by atoms with E-state index < -0.39 is 0 Å². The Morgan fingerprint density at radius 2 is 1.88 bits per heavy atom. The summed E-state index contributed by atoms with van der Waals surface area (Å²) >= 11 is 3.38. The lowest BCUT2D eigenvalue weighted by Gasteiger charge is -2.17. The van der Waals surface area contributed by atoms with Crippen LogP contribution in [0.5, 0.6) is 5.75 Å². The van der Waals surface area contributed by atoms with Crippen LogP contribution in [0.4, 0.5) is 0 Å². The number of benzene rings is 1. The van der Waals surface area contributed by atoms with E-state index in [1.165, 1.54) is 30.8 Å². The van der Waals surface area contributed by atoms with Gasteiger partial charge in [0.15, 0.2) is 0 Å². The van der Waals surface area contributed by atoms with E-state index in [2.05, 4.69) is 15.9 Å². The van der Waals surface area contributed by atoms with Crippen LogP contribution < -0.4 is 9.64 Å². The summed E-state index contributed by atoms with van der Waals surface area (Å²) in [4.78, 5) is 1.50. The normalized spacial score (nSPS) is 18.2. The van der Waals surface area contributed by atoms with Gasteiger partial charge < -0.3 is 14.7 Å². The van der Waals surface area contributed by atoms with Crippen molar-refractivity contribution in [3.05, 3.63) is 28.7 Å². The van der Waals surface area contributed by atoms with Crippen molar-refractivity contribution >= 4 is 15.9 Å². The topological polar surface area (TPSA) is 33.9 Å². The molecule has 1 aromatic rings. The van der Waals surface area contributed by atoms with E-state index in [0.717, 1.165) is 16.8 Å². The van der Waals surface area contributed by atoms with Crippen molar-refractivity contribution in [1.29, 1.82) is 0 Å². The van der Waals surface area contributed by atoms with Gasteiger partial charge in [0.25, 0.3) is 0 Å². The van der Waals surface area contributed by atoms with E-state index in [1.807, 2.05) is 24.3 Å². The van der Waals surface area contributed by atoms with Gasteiger partial charge in [0.2, 0.25) is 0 Å². The summed E-state index contributed by atoms with van der Waals surface area (Å²) in [6, 6.07) is 7.68. The third-order valence-corrected chi connectivity index (χ3v) is 3.62. The van der Waals surface area contributed by atoms with Gasteiger partial charge in [-0.25, -0.2) is 0 Å². The van der Waals surface area contributed by atoms with Gasteiger partial charge >= 0.3 is 0 Å². The van der Waals surface area contributed by atoms with Crippen molar-refractivity contribution in [2.75, 3.05) is 26.2 Å². The maximum Gasteiger partial charge on any atom is 0.137 e. The Bertz CT molecular complexity index is 336. The number of hydrogen-bond donors (Lipinski definition) is 2. The minimum Gasteiger partial charge on any atom is -0.491 e. The van der Waals surface area contributed by atoms with Crippen LogP contribution >= 0.6 is 15.9 Å². The number of likely N-dealkylation sites (tertiary alicyclic amines) is 1. The van der Waals surface area contributed by atoms with Crippen molar-refractivity contribution in [3.8, 4) is 5.75 Å². The first-order valence-corrected chi connectivity index (χ1v) is 6.93. The zero-order valence-electron chi connectivity index (χ0n) is 9.86. The Labute approximate surface area is 111 Å². The van der Waals surface area contributed by atoms with Gasteiger partial charge in [0.05, 0.1) is 13.1 Å². The highest BCUT2D eigenvalue weighted by molar-refractivity contribution is 9.10. The molecule has 1 aliphatic heterocycles. The minimum atomic E-state index is -0.369. The van der Waals surface area contributed by atoms with Crippen molar-refractivity contribution in [1.82, 2.24) is 0 Å². The van der Waals surface area contributed by atoms with Crippen LogP contribution in [0.25, 0.3) is 0 Å². The van der Waals surface area contributed by atoms with Gasteiger partial charge in [-0.3, -0.25) is 0 Å². The third-order valence-electron chi connectivity index (χ3n) is 3.09. The Morgan fingerprint density at radius 3 is 2.53 bits per heavy atom. The molecule has 2 rings (SSSR count). The second-order valence-electron chi connectivity index (χ2n) is 4.58. The number of rotatable bonds is 5. The van der Waals surface area contributed by atoms with E-state index in [1.54, 1.807) is 0 Å². The van der Waals surface area contributed by atoms with Crippen LogP contribution in [0.3, 0.4) is 0 Å². The van der Waals surface area contributed by atoms with Crippen LogP contribution in [0.2, 0.25) is 0 Å². The van der Waals surface area contributed by atoms with Gasteiger partial charge in [0, 0.05) is 17.3 Å². The van der Waals surface area contributed by atoms with Crippen LogP contribution in [0.1, 0.15) is 12.8 Å². The van der Waals surface area contributed by atoms with Gasteiger partial charge in [-0.05, 0) is 24.3 Å². The fourth-order valence-corrected chi connectivity index (χ4v) is 2.46. The molecule has 3 nitrogen and oxygen atoms in total. The number of nitrogens with one attached hydrogen (secondary N) is 1. The van der Waals surface area contributed by atoms with Crippen LogP contribution in [-0.4, -0.2) is 37.5 Å². The molecule has 0 amide bonds. The molecule has 0 aromatic heterocycles. The third kappa shape index (κ3) is 4.30. The smallest absolute Gasteiger partial charge is 0.137 e. The van der Waals surface area contributed by atoms with Crippen molar-refractivity contribution in [2.45, 2.75) is 18.9 Å². The Kier molecular flexibility index (Phi) is 4.83. The number of halogens is 1. The lowest BCUT2D eigenvalue weighted by Crippen LogP contribution is -3.11. The summed E-state index contributed by atoms with van der Waals surface area (Å²) in [7, 11) is 0. The minimum absolute atomic E-state index is 0.369. The van der Waals surface area contributed by atoms with E-state index >= 15 is 0 Å². The first kappa shape index (κ1) is 12.9. The molecule has 4 heteroatoms. The fourth-order valence-electron chi connectivity index (χ4n) is 2.19. The summed E-state index contributed by atoms with van der Waals surface area (Å²) in [5.74, 6) is 0.809. The van der Waals surface area contributed by atoms with Gasteiger partial charge in [0.1, 0.15) is 25.0 Å². The predicted octanol–water partition coefficient (Wildman–Crippen LogP) is 0.868. The van der Waals surface area contributed by atoms with E-state index in [-0.39, 0.29) is 6.10 Å². The molecular weight excluding hydrogens is 282 g/mol. The SMILES string of the molecule is O[C@H](COc1ccc(Br)cc1)C[NH+]1CCCC1. The highest BCUT2D eigenvalue weighted by Crippen LogP contribution is 2.16. The van der Waals surface area contributed by atoms with Gasteiger partial charge in [-0.1, -0.05) is 15.9 Å². The second-order valence-corrected chi connectivity index (χ2v) is 5.50. The molecule has 0 spiro atoms. The largest absolute Gasteiger partial charge is 0.491 e. The number of aliphatic hydroxyl groups is 1. The van der Waals surface area contributed by atoms with Crippen LogP contribution in [0.15, 0.2) is 28.7 Å². The molecule has 0 bridgehead atoms. The zero-order chi connectivity index (χ0) is 12.1. The molecule has 1 fully saturated rings. The lowest BCUT2D eigenvalue weighted by atomic mass is 10.3. The molecule has 2 N–H and O–H groups in total. The van der Waals surface area contributed by atoms with Crippen LogP contribution in [0, 0.1) is 0 Å². The monoisotopic (exact) mass is 300 g/mol. The lowest BCUT2D eigenvalue weighted by molar-refractivity contribution is -0.890. The highest BCUT2D eigenvalue weighted by Gasteiger charge is 2.19. The van der Waals surface area contributed by atoms with E-state index in [9.17, 15) is 5.11 Å². The second kappa shape index (κ2) is 6.38. The molecule has 0 unspecified atom stereocenters. The summed E-state index contributed by atoms with van der Waals surface area (Å²) < 4.78 is 6.58. The molecule has 17 heavy (non-hydrogen) atoms. The van der Waals surface area contributed by atoms with Gasteiger partial charge in [-0.2, -0.15) is 0 Å². The first-order valence-electron chi connectivity index (χ1n) is 6.14. The standard InChI is InChI=1S/C13H18BrNO2/c14-11-3-5-13(6-4-11)17-10-12(16)9-15-7-1-2-8-15/h3-6,12,16H,1-2,7-10H2/p+1/t12-/m0/s1. The Hall–Kier alpha value is -0.580. The molecular formula is C13H19BrNO2+. The zero-order valence-corrected chi connectivity index (χ0v) is 11.4. The number of hydrogen-bond acceptors (Lipinski definition) is 2. The molecule has 1 aromatic carbocycles. The molecule has 1 aliphatic rings. The molecule has 0 saturated carbocycles. The average molecular weight is 301 g/mol. The first-order chi connectivity index (χ1) is 8.24. The van der Waals surface area contributed by atoms with E-state index in [0.29, 0.717) is 6.61 Å². The number of aliphatic hydroxyl groups excluding tert-OH is 1. The summed E-state index contributed by atoms with van der Waals surface area (Å²) in [5.41, 5.74) is 0. The average Bonchev–Trinajstić information content (AvgIpc) is 2.81. The van der Waals surface area contributed by atoms with Crippen molar-refractivity contribution < 1.29 is 14.7 Å². The summed E-state index contributed by atoms with van der Waals surface area (Å²) in [6.07, 6.45) is 2.21. The Morgan fingerprint density at radius 1 is 1.24 bits per heavy atom. The summed E-state index contributed by atoms with van der Waals surface area (Å²) in [6.45, 7) is 3.56. The number of ether oxygens (including phenoxy) is 1. The fraction of sp³-hybridized carbons (Fsp3) is 0.538. The maximum atomic E-state index is 9.87. The van der Waals surface area contributed by atoms with Crippen molar-refractivity contribution in [3.63, 3.8) is 0 Å². The van der Waals surface area contributed by atoms with Crippen molar-refractivity contribution in [2.24, 2.45) is 0 Å². The maximum absolute atomic E-state index is 9.87. The predicted molar refractivity (Wildman–Crippen MR) is 70.4 cm³/mol.